The van der Waals surface area contributed by atoms with Gasteiger partial charge in [0.2, 0.25) is 5.56 Å². The van der Waals surface area contributed by atoms with Crippen LogP contribution in [0.3, 0.4) is 0 Å². The largest absolute Gasteiger partial charge is 0.345 e. The first-order valence-corrected chi connectivity index (χ1v) is 7.44. The molecule has 3 rings (SSSR count). The maximum Gasteiger partial charge on any atom is 0.252 e. The highest BCUT2D eigenvalue weighted by atomic mass is 32.2. The highest BCUT2D eigenvalue weighted by Gasteiger charge is 2.22. The van der Waals surface area contributed by atoms with Crippen LogP contribution >= 0.6 is 11.8 Å². The van der Waals surface area contributed by atoms with Gasteiger partial charge in [-0.25, -0.2) is 0 Å². The molecule has 1 aromatic heterocycles. The van der Waals surface area contributed by atoms with Gasteiger partial charge in [-0.05, 0) is 24.1 Å². The number of fused-ring (bicyclic) bond motifs is 1. The van der Waals surface area contributed by atoms with Crippen LogP contribution in [0.4, 0.5) is 0 Å². The fourth-order valence-electron chi connectivity index (χ4n) is 2.32. The summed E-state index contributed by atoms with van der Waals surface area (Å²) in [6.45, 7) is 0. The second-order valence-corrected chi connectivity index (χ2v) is 5.78. The molecule has 0 radical (unpaired) electrons. The van der Waals surface area contributed by atoms with Crippen molar-refractivity contribution in [3.63, 3.8) is 0 Å². The number of benzene rings is 1. The Balaban J connectivity index is 1.82. The van der Waals surface area contributed by atoms with Gasteiger partial charge in [0.05, 0.1) is 6.04 Å². The third kappa shape index (κ3) is 2.63. The molecule has 0 spiro atoms. The Hall–Kier alpha value is -2.01. The molecule has 2 aromatic rings. The minimum absolute atomic E-state index is 0.0132. The number of hydrogen-bond donors (Lipinski definition) is 2. The van der Waals surface area contributed by atoms with Crippen LogP contribution in [0.5, 0.6) is 0 Å². The SMILES string of the molecule is O=C(NC1CCSc2ccccc21)c1cc[nH]c(=O)c1. The molecule has 20 heavy (non-hydrogen) atoms. The summed E-state index contributed by atoms with van der Waals surface area (Å²) in [6, 6.07) is 11.1. The summed E-state index contributed by atoms with van der Waals surface area (Å²) in [4.78, 5) is 27.2. The molecule has 2 heterocycles. The molecule has 1 atom stereocenters. The highest BCUT2D eigenvalue weighted by molar-refractivity contribution is 7.99. The molecule has 1 aliphatic heterocycles. The third-order valence-electron chi connectivity index (χ3n) is 3.30. The number of hydrogen-bond acceptors (Lipinski definition) is 3. The zero-order valence-electron chi connectivity index (χ0n) is 10.8. The molecule has 2 N–H and O–H groups in total. The van der Waals surface area contributed by atoms with Crippen LogP contribution in [0, 0.1) is 0 Å². The Labute approximate surface area is 120 Å². The number of H-pyrrole nitrogens is 1. The third-order valence-corrected chi connectivity index (χ3v) is 4.42. The van der Waals surface area contributed by atoms with Gasteiger partial charge in [0.25, 0.3) is 5.91 Å². The summed E-state index contributed by atoms with van der Waals surface area (Å²) in [5.41, 5.74) is 1.28. The zero-order valence-corrected chi connectivity index (χ0v) is 11.6. The predicted molar refractivity (Wildman–Crippen MR) is 79.1 cm³/mol. The number of aromatic nitrogens is 1. The molecule has 0 aliphatic carbocycles. The van der Waals surface area contributed by atoms with Gasteiger partial charge in [-0.2, -0.15) is 0 Å². The van der Waals surface area contributed by atoms with Gasteiger partial charge >= 0.3 is 0 Å². The first-order chi connectivity index (χ1) is 9.74. The van der Waals surface area contributed by atoms with E-state index >= 15 is 0 Å². The van der Waals surface area contributed by atoms with Crippen molar-refractivity contribution in [3.8, 4) is 0 Å². The molecule has 102 valence electrons. The lowest BCUT2D eigenvalue weighted by molar-refractivity contribution is 0.0934. The van der Waals surface area contributed by atoms with Crippen LogP contribution in [0.15, 0.2) is 52.3 Å². The van der Waals surface area contributed by atoms with E-state index in [0.29, 0.717) is 5.56 Å². The van der Waals surface area contributed by atoms with Crippen molar-refractivity contribution in [2.24, 2.45) is 0 Å². The Kier molecular flexibility index (Phi) is 3.60. The van der Waals surface area contributed by atoms with Crippen molar-refractivity contribution in [1.82, 2.24) is 10.3 Å². The van der Waals surface area contributed by atoms with Crippen LogP contribution in [-0.4, -0.2) is 16.6 Å². The van der Waals surface area contributed by atoms with E-state index < -0.39 is 0 Å². The van der Waals surface area contributed by atoms with Crippen LogP contribution in [0.2, 0.25) is 0 Å². The molecule has 1 aromatic carbocycles. The number of nitrogens with one attached hydrogen (secondary N) is 2. The fraction of sp³-hybridized carbons (Fsp3) is 0.200. The Morgan fingerprint density at radius 1 is 1.30 bits per heavy atom. The van der Waals surface area contributed by atoms with Crippen LogP contribution in [0.1, 0.15) is 28.4 Å². The van der Waals surface area contributed by atoms with Gasteiger partial charge in [0.15, 0.2) is 0 Å². The average Bonchev–Trinajstić information content (AvgIpc) is 2.47. The highest BCUT2D eigenvalue weighted by Crippen LogP contribution is 2.35. The summed E-state index contributed by atoms with van der Waals surface area (Å²) in [5, 5.41) is 3.01. The molecule has 4 nitrogen and oxygen atoms in total. The number of pyridine rings is 1. The first-order valence-electron chi connectivity index (χ1n) is 6.45. The minimum atomic E-state index is -0.266. The Bertz CT molecular complexity index is 696. The van der Waals surface area contributed by atoms with Crippen molar-refractivity contribution in [2.75, 3.05) is 5.75 Å². The number of rotatable bonds is 2. The second-order valence-electron chi connectivity index (χ2n) is 4.64. The zero-order chi connectivity index (χ0) is 13.9. The monoisotopic (exact) mass is 286 g/mol. The quantitative estimate of drug-likeness (QED) is 0.890. The maximum atomic E-state index is 12.2. The fourth-order valence-corrected chi connectivity index (χ4v) is 3.44. The second kappa shape index (κ2) is 5.54. The standard InChI is InChI=1S/C15H14N2O2S/c18-14-9-10(5-7-16-14)15(19)17-12-6-8-20-13-4-2-1-3-11(12)13/h1-5,7,9,12H,6,8H2,(H,16,18)(H,17,19). The number of carbonyl (C=O) groups excluding carboxylic acids is 1. The smallest absolute Gasteiger partial charge is 0.252 e. The molecule has 0 saturated carbocycles. The predicted octanol–water partition coefficient (Wildman–Crippen LogP) is 2.34. The van der Waals surface area contributed by atoms with Gasteiger partial charge in [0, 0.05) is 28.5 Å². The summed E-state index contributed by atoms with van der Waals surface area (Å²) >= 11 is 1.81. The Morgan fingerprint density at radius 2 is 2.15 bits per heavy atom. The summed E-state index contributed by atoms with van der Waals surface area (Å²) < 4.78 is 0. The van der Waals surface area contributed by atoms with Gasteiger partial charge in [0.1, 0.15) is 0 Å². The lowest BCUT2D eigenvalue weighted by Crippen LogP contribution is -2.31. The maximum absolute atomic E-state index is 12.2. The minimum Gasteiger partial charge on any atom is -0.345 e. The first kappa shape index (κ1) is 13.0. The van der Waals surface area contributed by atoms with Crippen LogP contribution in [-0.2, 0) is 0 Å². The molecule has 0 bridgehead atoms. The van der Waals surface area contributed by atoms with E-state index in [1.54, 1.807) is 6.07 Å². The van der Waals surface area contributed by atoms with E-state index in [1.165, 1.54) is 17.2 Å². The molecule has 0 fully saturated rings. The van der Waals surface area contributed by atoms with E-state index in [-0.39, 0.29) is 17.5 Å². The normalized spacial score (nSPS) is 17.3. The van der Waals surface area contributed by atoms with E-state index in [2.05, 4.69) is 16.4 Å². The number of carbonyl (C=O) groups is 1. The summed E-state index contributed by atoms with van der Waals surface area (Å²) in [5.74, 6) is 0.778. The van der Waals surface area contributed by atoms with E-state index in [9.17, 15) is 9.59 Å². The van der Waals surface area contributed by atoms with Crippen LogP contribution < -0.4 is 10.9 Å². The van der Waals surface area contributed by atoms with Gasteiger partial charge in [-0.1, -0.05) is 18.2 Å². The van der Waals surface area contributed by atoms with Crippen molar-refractivity contribution in [2.45, 2.75) is 17.4 Å². The molecule has 1 amide bonds. The van der Waals surface area contributed by atoms with Gasteiger partial charge in [-0.3, -0.25) is 9.59 Å². The molecular weight excluding hydrogens is 272 g/mol. The van der Waals surface area contributed by atoms with Gasteiger partial charge < -0.3 is 10.3 Å². The van der Waals surface area contributed by atoms with Crippen LogP contribution in [0.25, 0.3) is 0 Å². The molecule has 1 unspecified atom stereocenters. The molecular formula is C15H14N2O2S. The number of thioether (sulfide) groups is 1. The van der Waals surface area contributed by atoms with Crippen molar-refractivity contribution >= 4 is 17.7 Å². The summed E-state index contributed by atoms with van der Waals surface area (Å²) in [6.07, 6.45) is 2.39. The Morgan fingerprint density at radius 3 is 3.00 bits per heavy atom. The topological polar surface area (TPSA) is 62.0 Å². The molecule has 5 heteroatoms. The average molecular weight is 286 g/mol. The lowest BCUT2D eigenvalue weighted by atomic mass is 10.0. The van der Waals surface area contributed by atoms with E-state index in [1.807, 2.05) is 30.0 Å². The molecule has 0 saturated heterocycles. The summed E-state index contributed by atoms with van der Waals surface area (Å²) in [7, 11) is 0. The lowest BCUT2D eigenvalue weighted by Gasteiger charge is -2.25. The van der Waals surface area contributed by atoms with Crippen molar-refractivity contribution in [3.05, 3.63) is 64.1 Å². The molecule has 1 aliphatic rings. The van der Waals surface area contributed by atoms with E-state index in [4.69, 9.17) is 0 Å². The number of amides is 1. The van der Waals surface area contributed by atoms with E-state index in [0.717, 1.165) is 17.7 Å². The van der Waals surface area contributed by atoms with Crippen molar-refractivity contribution < 1.29 is 4.79 Å². The number of aromatic amines is 1. The van der Waals surface area contributed by atoms with Crippen molar-refractivity contribution in [1.29, 1.82) is 0 Å². The van der Waals surface area contributed by atoms with Gasteiger partial charge in [-0.15, -0.1) is 11.8 Å².